The summed E-state index contributed by atoms with van der Waals surface area (Å²) in [4.78, 5) is 12.1. The molecule has 114 valence electrons. The first-order valence-corrected chi connectivity index (χ1v) is 6.51. The second kappa shape index (κ2) is 6.67. The number of ether oxygens (including phenoxy) is 2. The van der Waals surface area contributed by atoms with Crippen molar-refractivity contribution in [2.24, 2.45) is 0 Å². The monoisotopic (exact) mass is 300 g/mol. The van der Waals surface area contributed by atoms with E-state index >= 15 is 0 Å². The third-order valence-electron chi connectivity index (χ3n) is 3.10. The highest BCUT2D eigenvalue weighted by atomic mass is 16.5. The van der Waals surface area contributed by atoms with Gasteiger partial charge in [0.05, 0.1) is 19.8 Å². The molecule has 22 heavy (non-hydrogen) atoms. The van der Waals surface area contributed by atoms with E-state index in [1.807, 2.05) is 0 Å². The maximum atomic E-state index is 12.1. The molecule has 2 rings (SSSR count). The Hall–Kier alpha value is -2.95. The van der Waals surface area contributed by atoms with Crippen molar-refractivity contribution in [2.45, 2.75) is 0 Å². The number of phenols is 2. The number of aromatic hydroxyl groups is 2. The molecule has 5 nitrogen and oxygen atoms in total. The van der Waals surface area contributed by atoms with E-state index in [9.17, 15) is 15.0 Å². The maximum absolute atomic E-state index is 12.1. The molecule has 0 bridgehead atoms. The Kier molecular flexibility index (Phi) is 4.68. The van der Waals surface area contributed by atoms with E-state index in [0.29, 0.717) is 17.1 Å². The van der Waals surface area contributed by atoms with Crippen LogP contribution in [0.25, 0.3) is 6.08 Å². The molecule has 0 saturated carbocycles. The van der Waals surface area contributed by atoms with Gasteiger partial charge in [0.2, 0.25) is 0 Å². The van der Waals surface area contributed by atoms with Crippen molar-refractivity contribution in [1.82, 2.24) is 0 Å². The zero-order valence-electron chi connectivity index (χ0n) is 12.2. The minimum atomic E-state index is -0.352. The largest absolute Gasteiger partial charge is 0.508 e. The Morgan fingerprint density at radius 1 is 1.05 bits per heavy atom. The van der Waals surface area contributed by atoms with Gasteiger partial charge in [-0.05, 0) is 36.4 Å². The number of hydrogen-bond donors (Lipinski definition) is 2. The van der Waals surface area contributed by atoms with E-state index in [1.54, 1.807) is 18.2 Å². The smallest absolute Gasteiger partial charge is 0.189 e. The van der Waals surface area contributed by atoms with Gasteiger partial charge >= 0.3 is 0 Å². The van der Waals surface area contributed by atoms with Crippen LogP contribution in [0, 0.1) is 0 Å². The third kappa shape index (κ3) is 3.38. The van der Waals surface area contributed by atoms with Crippen LogP contribution in [0.1, 0.15) is 15.9 Å². The number of ketones is 1. The van der Waals surface area contributed by atoms with Crippen molar-refractivity contribution in [1.29, 1.82) is 0 Å². The molecule has 0 fully saturated rings. The second-order valence-corrected chi connectivity index (χ2v) is 4.51. The summed E-state index contributed by atoms with van der Waals surface area (Å²) >= 11 is 0. The Morgan fingerprint density at radius 2 is 1.82 bits per heavy atom. The lowest BCUT2D eigenvalue weighted by atomic mass is 10.1. The number of rotatable bonds is 5. The van der Waals surface area contributed by atoms with Crippen molar-refractivity contribution >= 4 is 11.9 Å². The van der Waals surface area contributed by atoms with Crippen molar-refractivity contribution < 1.29 is 24.5 Å². The summed E-state index contributed by atoms with van der Waals surface area (Å²) in [7, 11) is 2.95. The van der Waals surface area contributed by atoms with Gasteiger partial charge in [-0.15, -0.1) is 0 Å². The van der Waals surface area contributed by atoms with Crippen molar-refractivity contribution in [3.05, 3.63) is 53.6 Å². The summed E-state index contributed by atoms with van der Waals surface area (Å²) in [6, 6.07) is 9.05. The molecule has 0 unspecified atom stereocenters. The molecule has 0 heterocycles. The lowest BCUT2D eigenvalue weighted by Gasteiger charge is -2.06. The van der Waals surface area contributed by atoms with E-state index in [2.05, 4.69) is 0 Å². The third-order valence-corrected chi connectivity index (χ3v) is 3.10. The van der Waals surface area contributed by atoms with E-state index < -0.39 is 0 Å². The average Bonchev–Trinajstić information content (AvgIpc) is 2.53. The fourth-order valence-corrected chi connectivity index (χ4v) is 1.94. The molecule has 2 aromatic rings. The number of carbonyl (C=O) groups excluding carboxylic acids is 1. The Morgan fingerprint density at radius 3 is 2.45 bits per heavy atom. The molecule has 0 radical (unpaired) electrons. The average molecular weight is 300 g/mol. The topological polar surface area (TPSA) is 76.0 Å². The minimum Gasteiger partial charge on any atom is -0.508 e. The van der Waals surface area contributed by atoms with Gasteiger partial charge in [0.25, 0.3) is 0 Å². The van der Waals surface area contributed by atoms with E-state index in [0.717, 1.165) is 0 Å². The molecule has 5 heteroatoms. The van der Waals surface area contributed by atoms with Crippen LogP contribution >= 0.6 is 0 Å². The van der Waals surface area contributed by atoms with Crippen LogP contribution in [-0.4, -0.2) is 30.2 Å². The molecular weight excluding hydrogens is 284 g/mol. The van der Waals surface area contributed by atoms with E-state index in [-0.39, 0.29) is 22.8 Å². The van der Waals surface area contributed by atoms with Gasteiger partial charge < -0.3 is 19.7 Å². The summed E-state index contributed by atoms with van der Waals surface area (Å²) < 4.78 is 10.1. The molecule has 0 saturated heterocycles. The van der Waals surface area contributed by atoms with Gasteiger partial charge in [-0.1, -0.05) is 0 Å². The van der Waals surface area contributed by atoms with Crippen LogP contribution in [0.3, 0.4) is 0 Å². The van der Waals surface area contributed by atoms with Gasteiger partial charge in [0.1, 0.15) is 23.0 Å². The van der Waals surface area contributed by atoms with Crippen LogP contribution in [0.2, 0.25) is 0 Å². The van der Waals surface area contributed by atoms with Gasteiger partial charge in [0.15, 0.2) is 5.78 Å². The number of allylic oxidation sites excluding steroid dienone is 1. The summed E-state index contributed by atoms with van der Waals surface area (Å²) in [6.07, 6.45) is 2.89. The fraction of sp³-hybridized carbons (Fsp3) is 0.118. The van der Waals surface area contributed by atoms with Gasteiger partial charge in [-0.2, -0.15) is 0 Å². The number of methoxy groups -OCH3 is 2. The van der Waals surface area contributed by atoms with E-state index in [4.69, 9.17) is 9.47 Å². The Labute approximate surface area is 128 Å². The first kappa shape index (κ1) is 15.4. The normalized spacial score (nSPS) is 10.6. The van der Waals surface area contributed by atoms with Crippen molar-refractivity contribution in [3.63, 3.8) is 0 Å². The number of hydrogen-bond acceptors (Lipinski definition) is 5. The molecule has 0 aromatic heterocycles. The SMILES string of the molecule is COc1ccc(C(=O)C=Cc2ccc(O)cc2OC)c(O)c1. The first-order chi connectivity index (χ1) is 10.5. The van der Waals surface area contributed by atoms with Gasteiger partial charge in [0, 0.05) is 17.7 Å². The molecular formula is C17H16O5. The Bertz CT molecular complexity index is 719. The molecule has 0 aliphatic carbocycles. The van der Waals surface area contributed by atoms with Crippen LogP contribution in [-0.2, 0) is 0 Å². The van der Waals surface area contributed by atoms with Crippen LogP contribution < -0.4 is 9.47 Å². The number of carbonyl (C=O) groups is 1. The van der Waals surface area contributed by atoms with Crippen LogP contribution in [0.15, 0.2) is 42.5 Å². The highest BCUT2D eigenvalue weighted by molar-refractivity contribution is 6.08. The molecule has 2 N–H and O–H groups in total. The van der Waals surface area contributed by atoms with Crippen molar-refractivity contribution in [2.75, 3.05) is 14.2 Å². The quantitative estimate of drug-likeness (QED) is 0.655. The molecule has 0 spiro atoms. The second-order valence-electron chi connectivity index (χ2n) is 4.51. The highest BCUT2D eigenvalue weighted by Crippen LogP contribution is 2.26. The van der Waals surface area contributed by atoms with E-state index in [1.165, 1.54) is 44.6 Å². The predicted molar refractivity (Wildman–Crippen MR) is 82.7 cm³/mol. The number of benzene rings is 2. The van der Waals surface area contributed by atoms with Crippen molar-refractivity contribution in [3.8, 4) is 23.0 Å². The molecule has 0 amide bonds. The first-order valence-electron chi connectivity index (χ1n) is 6.51. The molecule has 2 aromatic carbocycles. The number of phenolic OH excluding ortho intramolecular Hbond substituents is 2. The minimum absolute atomic E-state index is 0.0770. The zero-order chi connectivity index (χ0) is 16.1. The highest BCUT2D eigenvalue weighted by Gasteiger charge is 2.10. The summed E-state index contributed by atoms with van der Waals surface area (Å²) in [6.45, 7) is 0. The summed E-state index contributed by atoms with van der Waals surface area (Å²) in [5.74, 6) is 0.497. The predicted octanol–water partition coefficient (Wildman–Crippen LogP) is 3.01. The van der Waals surface area contributed by atoms with Gasteiger partial charge in [-0.25, -0.2) is 0 Å². The van der Waals surface area contributed by atoms with Gasteiger partial charge in [-0.3, -0.25) is 4.79 Å². The molecule has 0 aliphatic rings. The standard InChI is InChI=1S/C17H16O5/c1-21-13-6-7-14(16(20)10-13)15(19)8-4-11-3-5-12(18)9-17(11)22-2/h3-10,18,20H,1-2H3. The fourth-order valence-electron chi connectivity index (χ4n) is 1.94. The Balaban J connectivity index is 2.25. The maximum Gasteiger partial charge on any atom is 0.189 e. The lowest BCUT2D eigenvalue weighted by molar-refractivity contribution is 0.104. The molecule has 0 atom stereocenters. The summed E-state index contributed by atoms with van der Waals surface area (Å²) in [5, 5.41) is 19.2. The van der Waals surface area contributed by atoms with Crippen LogP contribution in [0.4, 0.5) is 0 Å². The summed E-state index contributed by atoms with van der Waals surface area (Å²) in [5.41, 5.74) is 0.816. The lowest BCUT2D eigenvalue weighted by Crippen LogP contribution is -1.96. The zero-order valence-corrected chi connectivity index (χ0v) is 12.2. The van der Waals surface area contributed by atoms with Crippen LogP contribution in [0.5, 0.6) is 23.0 Å². The molecule has 0 aliphatic heterocycles.